The SMILES string of the molecule is CCc1cccc(C)c1NC(=O)C1(C(=O)Nc2ccc(OC)cc2)CC1. The van der Waals surface area contributed by atoms with Crippen molar-refractivity contribution in [3.63, 3.8) is 0 Å². The second-order valence-corrected chi connectivity index (χ2v) is 6.68. The van der Waals surface area contributed by atoms with E-state index < -0.39 is 5.41 Å². The molecule has 1 aliphatic carbocycles. The van der Waals surface area contributed by atoms with E-state index in [1.54, 1.807) is 31.4 Å². The molecule has 1 aliphatic rings. The number of hydrogen-bond donors (Lipinski definition) is 2. The first-order chi connectivity index (χ1) is 12.5. The quantitative estimate of drug-likeness (QED) is 0.774. The maximum atomic E-state index is 12.9. The monoisotopic (exact) mass is 352 g/mol. The molecule has 0 aliphatic heterocycles. The zero-order valence-electron chi connectivity index (χ0n) is 15.4. The number of methoxy groups -OCH3 is 1. The van der Waals surface area contributed by atoms with Gasteiger partial charge < -0.3 is 15.4 Å². The molecule has 0 unspecified atom stereocenters. The number of hydrogen-bond acceptors (Lipinski definition) is 3. The van der Waals surface area contributed by atoms with Crippen molar-refractivity contribution < 1.29 is 14.3 Å². The number of rotatable bonds is 6. The van der Waals surface area contributed by atoms with E-state index in [1.807, 2.05) is 32.0 Å². The minimum atomic E-state index is -0.979. The summed E-state index contributed by atoms with van der Waals surface area (Å²) in [6.45, 7) is 4.01. The van der Waals surface area contributed by atoms with E-state index in [0.29, 0.717) is 24.3 Å². The zero-order chi connectivity index (χ0) is 18.7. The van der Waals surface area contributed by atoms with Crippen LogP contribution in [0.25, 0.3) is 0 Å². The van der Waals surface area contributed by atoms with E-state index in [-0.39, 0.29) is 11.8 Å². The fraction of sp³-hybridized carbons (Fsp3) is 0.333. The summed E-state index contributed by atoms with van der Waals surface area (Å²) in [4.78, 5) is 25.6. The first-order valence-corrected chi connectivity index (χ1v) is 8.85. The predicted octanol–water partition coefficient (Wildman–Crippen LogP) is 3.92. The molecular formula is C21H24N2O3. The van der Waals surface area contributed by atoms with Gasteiger partial charge in [-0.3, -0.25) is 9.59 Å². The van der Waals surface area contributed by atoms with Gasteiger partial charge in [0.25, 0.3) is 0 Å². The number of aryl methyl sites for hydroxylation is 2. The number of anilines is 2. The second-order valence-electron chi connectivity index (χ2n) is 6.68. The van der Waals surface area contributed by atoms with Gasteiger partial charge in [-0.05, 0) is 61.6 Å². The summed E-state index contributed by atoms with van der Waals surface area (Å²) in [6.07, 6.45) is 1.95. The largest absolute Gasteiger partial charge is 0.497 e. The van der Waals surface area contributed by atoms with Gasteiger partial charge in [-0.2, -0.15) is 0 Å². The van der Waals surface area contributed by atoms with Crippen molar-refractivity contribution >= 4 is 23.2 Å². The van der Waals surface area contributed by atoms with Crippen molar-refractivity contribution in [2.75, 3.05) is 17.7 Å². The average molecular weight is 352 g/mol. The zero-order valence-corrected chi connectivity index (χ0v) is 15.4. The molecule has 5 nitrogen and oxygen atoms in total. The van der Waals surface area contributed by atoms with E-state index in [9.17, 15) is 9.59 Å². The highest BCUT2D eigenvalue weighted by molar-refractivity contribution is 6.17. The molecule has 0 bridgehead atoms. The summed E-state index contributed by atoms with van der Waals surface area (Å²) in [7, 11) is 1.59. The van der Waals surface area contributed by atoms with Gasteiger partial charge in [0.15, 0.2) is 0 Å². The molecule has 0 radical (unpaired) electrons. The second kappa shape index (κ2) is 7.20. The Kier molecular flexibility index (Phi) is 4.98. The van der Waals surface area contributed by atoms with Gasteiger partial charge in [0, 0.05) is 11.4 Å². The van der Waals surface area contributed by atoms with Gasteiger partial charge in [0.2, 0.25) is 11.8 Å². The van der Waals surface area contributed by atoms with Crippen molar-refractivity contribution in [1.29, 1.82) is 0 Å². The lowest BCUT2D eigenvalue weighted by Gasteiger charge is -2.18. The molecule has 2 aromatic carbocycles. The lowest BCUT2D eigenvalue weighted by Crippen LogP contribution is -2.36. The van der Waals surface area contributed by atoms with Gasteiger partial charge in [-0.1, -0.05) is 25.1 Å². The minimum Gasteiger partial charge on any atom is -0.497 e. The molecule has 1 saturated carbocycles. The van der Waals surface area contributed by atoms with Crippen molar-refractivity contribution in [1.82, 2.24) is 0 Å². The van der Waals surface area contributed by atoms with Crippen molar-refractivity contribution in [2.45, 2.75) is 33.1 Å². The van der Waals surface area contributed by atoms with Crippen molar-refractivity contribution in [3.05, 3.63) is 53.6 Å². The van der Waals surface area contributed by atoms with Crippen LogP contribution in [0.1, 0.15) is 30.9 Å². The molecule has 136 valence electrons. The lowest BCUT2D eigenvalue weighted by atomic mass is 10.0. The van der Waals surface area contributed by atoms with E-state index >= 15 is 0 Å². The highest BCUT2D eigenvalue weighted by atomic mass is 16.5. The molecule has 0 spiro atoms. The van der Waals surface area contributed by atoms with Crippen LogP contribution in [0.3, 0.4) is 0 Å². The average Bonchev–Trinajstić information content (AvgIpc) is 3.46. The number of carbonyl (C=O) groups excluding carboxylic acids is 2. The van der Waals surface area contributed by atoms with Crippen LogP contribution in [-0.4, -0.2) is 18.9 Å². The summed E-state index contributed by atoms with van der Waals surface area (Å²) in [5.74, 6) is 0.229. The van der Waals surface area contributed by atoms with Gasteiger partial charge >= 0.3 is 0 Å². The number of amides is 2. The molecular weight excluding hydrogens is 328 g/mol. The van der Waals surface area contributed by atoms with Crippen molar-refractivity contribution in [2.24, 2.45) is 5.41 Å². The van der Waals surface area contributed by atoms with Crippen LogP contribution in [0.15, 0.2) is 42.5 Å². The maximum Gasteiger partial charge on any atom is 0.240 e. The van der Waals surface area contributed by atoms with Gasteiger partial charge in [0.1, 0.15) is 11.2 Å². The van der Waals surface area contributed by atoms with Crippen LogP contribution in [0.4, 0.5) is 11.4 Å². The maximum absolute atomic E-state index is 12.9. The molecule has 2 aromatic rings. The molecule has 2 amide bonds. The molecule has 0 atom stereocenters. The molecule has 0 heterocycles. The Morgan fingerprint density at radius 2 is 1.69 bits per heavy atom. The number of carbonyl (C=O) groups is 2. The summed E-state index contributed by atoms with van der Waals surface area (Å²) in [6, 6.07) is 13.0. The Labute approximate surface area is 153 Å². The minimum absolute atomic E-state index is 0.229. The highest BCUT2D eigenvalue weighted by Crippen LogP contribution is 2.47. The lowest BCUT2D eigenvalue weighted by molar-refractivity contribution is -0.131. The summed E-state index contributed by atoms with van der Waals surface area (Å²) < 4.78 is 5.11. The molecule has 1 fully saturated rings. The third-order valence-electron chi connectivity index (χ3n) is 4.95. The number of nitrogens with one attached hydrogen (secondary N) is 2. The van der Waals surface area contributed by atoms with Gasteiger partial charge in [-0.15, -0.1) is 0 Å². The van der Waals surface area contributed by atoms with Crippen molar-refractivity contribution in [3.8, 4) is 5.75 Å². The number of para-hydroxylation sites is 1. The summed E-state index contributed by atoms with van der Waals surface area (Å²) in [5.41, 5.74) is 2.57. The third kappa shape index (κ3) is 3.43. The Hall–Kier alpha value is -2.82. The Balaban J connectivity index is 1.73. The van der Waals surface area contributed by atoms with E-state index in [2.05, 4.69) is 10.6 Å². The normalized spacial score (nSPS) is 14.4. The topological polar surface area (TPSA) is 67.4 Å². The first-order valence-electron chi connectivity index (χ1n) is 8.85. The van der Waals surface area contributed by atoms with E-state index in [0.717, 1.165) is 23.2 Å². The van der Waals surface area contributed by atoms with Crippen LogP contribution in [-0.2, 0) is 16.0 Å². The molecule has 2 N–H and O–H groups in total. The number of benzene rings is 2. The number of ether oxygens (including phenoxy) is 1. The molecule has 26 heavy (non-hydrogen) atoms. The van der Waals surface area contributed by atoms with Crippen LogP contribution < -0.4 is 15.4 Å². The molecule has 0 saturated heterocycles. The summed E-state index contributed by atoms with van der Waals surface area (Å²) >= 11 is 0. The predicted molar refractivity (Wildman–Crippen MR) is 102 cm³/mol. The smallest absolute Gasteiger partial charge is 0.240 e. The molecule has 0 aromatic heterocycles. The Morgan fingerprint density at radius 1 is 1.04 bits per heavy atom. The van der Waals surface area contributed by atoms with E-state index in [1.165, 1.54) is 0 Å². The van der Waals surface area contributed by atoms with E-state index in [4.69, 9.17) is 4.74 Å². The van der Waals surface area contributed by atoms with Crippen LogP contribution in [0.5, 0.6) is 5.75 Å². The van der Waals surface area contributed by atoms with Gasteiger partial charge in [0.05, 0.1) is 7.11 Å². The standard InChI is InChI=1S/C21H24N2O3/c1-4-15-7-5-6-14(2)18(15)23-20(25)21(12-13-21)19(24)22-16-8-10-17(26-3)11-9-16/h5-11H,4,12-13H2,1-3H3,(H,22,24)(H,23,25). The van der Waals surface area contributed by atoms with Crippen LogP contribution >= 0.6 is 0 Å². The first kappa shape index (κ1) is 18.0. The van der Waals surface area contributed by atoms with Gasteiger partial charge in [-0.25, -0.2) is 0 Å². The fourth-order valence-corrected chi connectivity index (χ4v) is 3.04. The Bertz CT molecular complexity index is 824. The summed E-state index contributed by atoms with van der Waals surface area (Å²) in [5, 5.41) is 5.85. The fourth-order valence-electron chi connectivity index (χ4n) is 3.04. The third-order valence-corrected chi connectivity index (χ3v) is 4.95. The molecule has 5 heteroatoms. The highest BCUT2D eigenvalue weighted by Gasteiger charge is 2.56. The molecule has 3 rings (SSSR count). The Morgan fingerprint density at radius 3 is 2.27 bits per heavy atom. The van der Waals surface area contributed by atoms with Crippen LogP contribution in [0, 0.1) is 12.3 Å². The van der Waals surface area contributed by atoms with Crippen LogP contribution in [0.2, 0.25) is 0 Å².